The standard InChI is InChI=1S/C19H24ClF3N6O2/c1-11-17(25)14(29(26)15(24)5-7-27-8-10-30)6-9-28(11)18(31)12-3-2-4-13(16(12)20)19(21,22)23/h2-5,7,11,24,27,30H,6,8-10,25-26H2,1H3/b7-5-,24-15?. The topological polar surface area (TPSA) is 132 Å². The van der Waals surface area contributed by atoms with Crippen molar-refractivity contribution in [2.45, 2.75) is 25.6 Å². The Kier molecular flexibility index (Phi) is 7.93. The summed E-state index contributed by atoms with van der Waals surface area (Å²) in [4.78, 5) is 14.3. The molecule has 31 heavy (non-hydrogen) atoms. The minimum atomic E-state index is -4.69. The fraction of sp³-hybridized carbons (Fsp3) is 0.368. The number of nitrogens with zero attached hydrogens (tertiary/aromatic N) is 2. The molecule has 1 unspecified atom stereocenters. The molecule has 2 rings (SSSR count). The highest BCUT2D eigenvalue weighted by Gasteiger charge is 2.37. The Bertz CT molecular complexity index is 903. The van der Waals surface area contributed by atoms with E-state index < -0.39 is 28.7 Å². The third-order valence-electron chi connectivity index (χ3n) is 4.80. The van der Waals surface area contributed by atoms with E-state index in [9.17, 15) is 18.0 Å². The summed E-state index contributed by atoms with van der Waals surface area (Å²) in [5.74, 6) is 5.21. The largest absolute Gasteiger partial charge is 0.417 e. The van der Waals surface area contributed by atoms with E-state index in [1.165, 1.54) is 23.2 Å². The number of amides is 1. The molecule has 0 bridgehead atoms. The van der Waals surface area contributed by atoms with E-state index >= 15 is 0 Å². The van der Waals surface area contributed by atoms with Crippen molar-refractivity contribution in [2.24, 2.45) is 11.6 Å². The molecule has 1 aliphatic rings. The number of aliphatic hydroxyl groups is 1. The molecule has 8 nitrogen and oxygen atoms in total. The van der Waals surface area contributed by atoms with Crippen molar-refractivity contribution in [3.63, 3.8) is 0 Å². The van der Waals surface area contributed by atoms with E-state index in [-0.39, 0.29) is 36.7 Å². The van der Waals surface area contributed by atoms with Crippen LogP contribution in [0.15, 0.2) is 41.9 Å². The molecule has 0 fully saturated rings. The van der Waals surface area contributed by atoms with Gasteiger partial charge >= 0.3 is 6.18 Å². The molecule has 0 radical (unpaired) electrons. The van der Waals surface area contributed by atoms with Gasteiger partial charge in [0.25, 0.3) is 5.91 Å². The molecule has 0 aliphatic carbocycles. The van der Waals surface area contributed by atoms with Crippen LogP contribution in [0.1, 0.15) is 29.3 Å². The number of rotatable bonds is 6. The molecule has 1 aromatic rings. The Morgan fingerprint density at radius 2 is 2.16 bits per heavy atom. The van der Waals surface area contributed by atoms with Gasteiger partial charge in [0.2, 0.25) is 0 Å². The smallest absolute Gasteiger partial charge is 0.399 e. The van der Waals surface area contributed by atoms with E-state index in [0.717, 1.165) is 17.1 Å². The number of nitrogens with one attached hydrogen (secondary N) is 2. The number of benzene rings is 1. The Morgan fingerprint density at radius 1 is 1.48 bits per heavy atom. The molecular formula is C19H24ClF3N6O2. The Morgan fingerprint density at radius 3 is 2.77 bits per heavy atom. The molecule has 0 spiro atoms. The molecule has 1 aromatic carbocycles. The maximum Gasteiger partial charge on any atom is 0.417 e. The lowest BCUT2D eigenvalue weighted by Crippen LogP contribution is -2.49. The van der Waals surface area contributed by atoms with Crippen molar-refractivity contribution in [2.75, 3.05) is 19.7 Å². The summed E-state index contributed by atoms with van der Waals surface area (Å²) in [5.41, 5.74) is 5.44. The number of halogens is 4. The average molecular weight is 461 g/mol. The zero-order valence-electron chi connectivity index (χ0n) is 16.7. The normalized spacial score (nSPS) is 17.3. The summed E-state index contributed by atoms with van der Waals surface area (Å²) in [6.45, 7) is 1.98. The third kappa shape index (κ3) is 5.49. The predicted octanol–water partition coefficient (Wildman–Crippen LogP) is 2.01. The van der Waals surface area contributed by atoms with Gasteiger partial charge in [0.1, 0.15) is 5.84 Å². The predicted molar refractivity (Wildman–Crippen MR) is 111 cm³/mol. The number of aliphatic hydroxyl groups excluding tert-OH is 1. The summed E-state index contributed by atoms with van der Waals surface area (Å²) < 4.78 is 39.4. The zero-order chi connectivity index (χ0) is 23.3. The lowest BCUT2D eigenvalue weighted by Gasteiger charge is -2.38. The van der Waals surface area contributed by atoms with Crippen LogP contribution in [0, 0.1) is 5.41 Å². The minimum Gasteiger partial charge on any atom is -0.399 e. The summed E-state index contributed by atoms with van der Waals surface area (Å²) in [6, 6.07) is 2.49. The van der Waals surface area contributed by atoms with Gasteiger partial charge in [-0.3, -0.25) is 15.2 Å². The number of nitrogens with two attached hydrogens (primary N) is 2. The number of carbonyl (C=O) groups excluding carboxylic acids is 1. The molecule has 7 N–H and O–H groups in total. The van der Waals surface area contributed by atoms with Crippen molar-refractivity contribution in [3.05, 3.63) is 58.0 Å². The second-order valence-corrected chi connectivity index (χ2v) is 7.14. The van der Waals surface area contributed by atoms with Crippen molar-refractivity contribution in [1.29, 1.82) is 5.41 Å². The van der Waals surface area contributed by atoms with Crippen LogP contribution in [-0.4, -0.2) is 52.5 Å². The summed E-state index contributed by atoms with van der Waals surface area (Å²) in [5, 5.41) is 19.9. The molecule has 1 amide bonds. The van der Waals surface area contributed by atoms with Gasteiger partial charge in [-0.1, -0.05) is 17.7 Å². The fourth-order valence-electron chi connectivity index (χ4n) is 3.09. The van der Waals surface area contributed by atoms with Gasteiger partial charge < -0.3 is 21.1 Å². The van der Waals surface area contributed by atoms with E-state index in [2.05, 4.69) is 5.32 Å². The van der Waals surface area contributed by atoms with E-state index in [0.29, 0.717) is 12.2 Å². The van der Waals surface area contributed by atoms with Crippen molar-refractivity contribution < 1.29 is 23.1 Å². The molecule has 1 aliphatic heterocycles. The maximum absolute atomic E-state index is 13.1. The van der Waals surface area contributed by atoms with Crippen LogP contribution >= 0.6 is 11.6 Å². The minimum absolute atomic E-state index is 0.0701. The van der Waals surface area contributed by atoms with Gasteiger partial charge in [0, 0.05) is 25.7 Å². The molecule has 1 heterocycles. The first-order valence-corrected chi connectivity index (χ1v) is 9.67. The van der Waals surface area contributed by atoms with E-state index in [1.807, 2.05) is 0 Å². The molecule has 0 saturated heterocycles. The van der Waals surface area contributed by atoms with Gasteiger partial charge in [-0.15, -0.1) is 0 Å². The molecule has 0 saturated carbocycles. The average Bonchev–Trinajstić information content (AvgIpc) is 2.71. The summed E-state index contributed by atoms with van der Waals surface area (Å²) >= 11 is 5.89. The first-order valence-electron chi connectivity index (χ1n) is 9.30. The van der Waals surface area contributed by atoms with E-state index in [4.69, 9.17) is 33.7 Å². The lowest BCUT2D eigenvalue weighted by molar-refractivity contribution is -0.137. The van der Waals surface area contributed by atoms with Crippen LogP contribution < -0.4 is 16.9 Å². The number of hydrogen-bond acceptors (Lipinski definition) is 6. The van der Waals surface area contributed by atoms with Crippen LogP contribution in [0.2, 0.25) is 5.02 Å². The highest BCUT2D eigenvalue weighted by molar-refractivity contribution is 6.34. The molecular weight excluding hydrogens is 437 g/mol. The van der Waals surface area contributed by atoms with Crippen LogP contribution in [-0.2, 0) is 6.18 Å². The first-order chi connectivity index (χ1) is 14.5. The molecule has 170 valence electrons. The molecule has 0 aromatic heterocycles. The van der Waals surface area contributed by atoms with Gasteiger partial charge in [-0.2, -0.15) is 13.2 Å². The molecule has 12 heteroatoms. The highest BCUT2D eigenvalue weighted by Crippen LogP contribution is 2.37. The quantitative estimate of drug-likeness (QED) is 0.145. The van der Waals surface area contributed by atoms with Crippen LogP contribution in [0.3, 0.4) is 0 Å². The van der Waals surface area contributed by atoms with Gasteiger partial charge in [0.05, 0.1) is 40.2 Å². The number of amidine groups is 1. The first kappa shape index (κ1) is 24.5. The maximum atomic E-state index is 13.1. The Hall–Kier alpha value is -2.76. The lowest BCUT2D eigenvalue weighted by atomic mass is 10.0. The van der Waals surface area contributed by atoms with Crippen molar-refractivity contribution in [3.8, 4) is 0 Å². The Labute approximate surface area is 182 Å². The number of hydrazine groups is 1. The SMILES string of the molecule is CC1C(N)=C(N(N)C(=N)/C=C\NCCO)CCN1C(=O)c1cccc(C(F)(F)F)c1Cl. The second kappa shape index (κ2) is 10.0. The molecule has 1 atom stereocenters. The third-order valence-corrected chi connectivity index (χ3v) is 5.21. The summed E-state index contributed by atoms with van der Waals surface area (Å²) in [7, 11) is 0. The van der Waals surface area contributed by atoms with E-state index in [1.54, 1.807) is 6.92 Å². The Balaban J connectivity index is 2.23. The number of carbonyl (C=O) groups is 1. The number of alkyl halides is 3. The van der Waals surface area contributed by atoms with Crippen LogP contribution in [0.4, 0.5) is 13.2 Å². The van der Waals surface area contributed by atoms with Gasteiger partial charge in [0.15, 0.2) is 0 Å². The highest BCUT2D eigenvalue weighted by atomic mass is 35.5. The monoisotopic (exact) mass is 460 g/mol. The number of hydrogen-bond donors (Lipinski definition) is 5. The van der Waals surface area contributed by atoms with Gasteiger partial charge in [-0.25, -0.2) is 5.84 Å². The van der Waals surface area contributed by atoms with Crippen LogP contribution in [0.25, 0.3) is 0 Å². The fourth-order valence-corrected chi connectivity index (χ4v) is 3.41. The van der Waals surface area contributed by atoms with Crippen molar-refractivity contribution in [1.82, 2.24) is 15.2 Å². The van der Waals surface area contributed by atoms with Crippen molar-refractivity contribution >= 4 is 23.3 Å². The summed E-state index contributed by atoms with van der Waals surface area (Å²) in [6.07, 6.45) is -1.67. The van der Waals surface area contributed by atoms with Crippen LogP contribution in [0.5, 0.6) is 0 Å². The second-order valence-electron chi connectivity index (χ2n) is 6.76. The van der Waals surface area contributed by atoms with Gasteiger partial charge in [-0.05, 0) is 25.1 Å². The zero-order valence-corrected chi connectivity index (χ0v) is 17.5.